The van der Waals surface area contributed by atoms with Gasteiger partial charge >= 0.3 is 5.69 Å². The number of anilines is 2. The van der Waals surface area contributed by atoms with Gasteiger partial charge in [0.2, 0.25) is 12.7 Å². The van der Waals surface area contributed by atoms with Crippen LogP contribution in [-0.2, 0) is 17.3 Å². The molecule has 3 aliphatic carbocycles. The van der Waals surface area contributed by atoms with Gasteiger partial charge in [-0.05, 0) is 37.8 Å². The van der Waals surface area contributed by atoms with Crippen molar-refractivity contribution >= 4 is 22.8 Å². The maximum atomic E-state index is 13.0. The van der Waals surface area contributed by atoms with Gasteiger partial charge in [-0.1, -0.05) is 0 Å². The van der Waals surface area contributed by atoms with E-state index in [4.69, 9.17) is 19.2 Å². The number of aryl methyl sites for hydroxylation is 2. The molecule has 0 radical (unpaired) electrons. The number of imidazole rings is 1. The van der Waals surface area contributed by atoms with Crippen molar-refractivity contribution in [1.82, 2.24) is 19.1 Å². The van der Waals surface area contributed by atoms with Gasteiger partial charge in [0.25, 0.3) is 0 Å². The summed E-state index contributed by atoms with van der Waals surface area (Å²) in [5.74, 6) is 1.88. The molecule has 3 heterocycles. The highest BCUT2D eigenvalue weighted by Gasteiger charge is 2.69. The second-order valence-electron chi connectivity index (χ2n) is 8.91. The molecule has 3 saturated carbocycles. The Labute approximate surface area is 172 Å². The molecular weight excluding hydrogens is 386 g/mol. The number of aromatic nitrogens is 4. The number of nitrogens with one attached hydrogen (secondary N) is 1. The third-order valence-electron chi connectivity index (χ3n) is 6.80. The Morgan fingerprint density at radius 2 is 1.97 bits per heavy atom. The Kier molecular flexibility index (Phi) is 3.41. The predicted octanol–water partition coefficient (Wildman–Crippen LogP) is 2.44. The number of benzene rings is 1. The minimum absolute atomic E-state index is 0.0403. The zero-order valence-electron chi connectivity index (χ0n) is 17.2. The second kappa shape index (κ2) is 5.75. The maximum absolute atomic E-state index is 13.0. The first kappa shape index (κ1) is 17.8. The van der Waals surface area contributed by atoms with E-state index in [-0.39, 0.29) is 23.4 Å². The Morgan fingerprint density at radius 1 is 1.23 bits per heavy atom. The summed E-state index contributed by atoms with van der Waals surface area (Å²) in [5.41, 5.74) is 3.29. The van der Waals surface area contributed by atoms with Crippen LogP contribution in [0, 0.1) is 12.3 Å². The molecule has 0 saturated heterocycles. The third kappa shape index (κ3) is 2.23. The van der Waals surface area contributed by atoms with E-state index in [0.717, 1.165) is 48.4 Å². The molecule has 30 heavy (non-hydrogen) atoms. The maximum Gasteiger partial charge on any atom is 0.330 e. The van der Waals surface area contributed by atoms with Crippen LogP contribution in [-0.4, -0.2) is 39.6 Å². The van der Waals surface area contributed by atoms with E-state index in [1.807, 2.05) is 23.6 Å². The van der Waals surface area contributed by atoms with Gasteiger partial charge in [0, 0.05) is 31.3 Å². The van der Waals surface area contributed by atoms with Crippen LogP contribution in [0.15, 0.2) is 23.1 Å². The van der Waals surface area contributed by atoms with E-state index in [1.165, 1.54) is 0 Å². The Balaban J connectivity index is 1.38. The van der Waals surface area contributed by atoms with E-state index in [1.54, 1.807) is 24.9 Å². The second-order valence-corrected chi connectivity index (χ2v) is 8.91. The molecule has 0 atom stereocenters. The summed E-state index contributed by atoms with van der Waals surface area (Å²) >= 11 is 0. The van der Waals surface area contributed by atoms with Crippen LogP contribution in [0.25, 0.3) is 11.2 Å². The fraction of sp³-hybridized carbons (Fsp3) is 0.476. The van der Waals surface area contributed by atoms with Crippen LogP contribution in [0.5, 0.6) is 11.5 Å². The molecule has 0 spiro atoms. The van der Waals surface area contributed by atoms with Crippen LogP contribution in [0.3, 0.4) is 0 Å². The molecule has 1 aromatic carbocycles. The number of fused-ring (bicyclic) bond motifs is 2. The van der Waals surface area contributed by atoms with Crippen LogP contribution in [0.1, 0.15) is 24.8 Å². The Bertz CT molecular complexity index is 1240. The monoisotopic (exact) mass is 409 g/mol. The van der Waals surface area contributed by atoms with Gasteiger partial charge < -0.3 is 19.5 Å². The summed E-state index contributed by atoms with van der Waals surface area (Å²) < 4.78 is 19.8. The first-order valence-electron chi connectivity index (χ1n) is 10.0. The van der Waals surface area contributed by atoms with Crippen molar-refractivity contribution in [2.24, 2.45) is 12.5 Å². The van der Waals surface area contributed by atoms with Gasteiger partial charge in [-0.25, -0.2) is 9.78 Å². The first-order valence-corrected chi connectivity index (χ1v) is 10.0. The molecule has 4 aliphatic rings. The molecule has 0 amide bonds. The van der Waals surface area contributed by atoms with E-state index in [2.05, 4.69) is 10.3 Å². The number of hydrogen-bond acceptors (Lipinski definition) is 7. The molecule has 3 aromatic rings. The van der Waals surface area contributed by atoms with Crippen molar-refractivity contribution in [3.8, 4) is 11.5 Å². The molecular formula is C21H23N5O4. The summed E-state index contributed by atoms with van der Waals surface area (Å²) in [6.07, 6.45) is 4.59. The summed E-state index contributed by atoms with van der Waals surface area (Å²) in [6.45, 7) is 2.96. The minimum atomic E-state index is -0.143. The molecule has 7 rings (SSSR count). The van der Waals surface area contributed by atoms with E-state index in [9.17, 15) is 4.79 Å². The van der Waals surface area contributed by atoms with Crippen molar-refractivity contribution in [1.29, 1.82) is 0 Å². The van der Waals surface area contributed by atoms with Gasteiger partial charge in [-0.15, -0.1) is 0 Å². The standard InChI is InChI=1S/C21H23N5O4/c1-12-4-15-16(30-11-29-15)5-13(12)23-18-22-6-14-17(24-18)26(19(27)25(14)2)21-7-20(8-21,9-21)10-28-3/h4-6H,7-11H2,1-3H3,(H,22,23,24). The van der Waals surface area contributed by atoms with Gasteiger partial charge in [0.1, 0.15) is 5.52 Å². The summed E-state index contributed by atoms with van der Waals surface area (Å²) in [4.78, 5) is 22.2. The summed E-state index contributed by atoms with van der Waals surface area (Å²) in [6, 6.07) is 3.82. The lowest BCUT2D eigenvalue weighted by atomic mass is 9.39. The van der Waals surface area contributed by atoms with E-state index < -0.39 is 0 Å². The zero-order valence-corrected chi connectivity index (χ0v) is 17.2. The summed E-state index contributed by atoms with van der Waals surface area (Å²) in [7, 11) is 3.51. The van der Waals surface area contributed by atoms with Crippen molar-refractivity contribution in [3.05, 3.63) is 34.4 Å². The molecule has 1 N–H and O–H groups in total. The van der Waals surface area contributed by atoms with Gasteiger partial charge in [0.15, 0.2) is 17.1 Å². The fourth-order valence-electron chi connectivity index (χ4n) is 5.53. The smallest absolute Gasteiger partial charge is 0.330 e. The van der Waals surface area contributed by atoms with E-state index in [0.29, 0.717) is 17.3 Å². The van der Waals surface area contributed by atoms with Gasteiger partial charge in [0.05, 0.1) is 18.3 Å². The number of ether oxygens (including phenoxy) is 3. The largest absolute Gasteiger partial charge is 0.454 e. The normalized spacial score (nSPS) is 25.8. The lowest BCUT2D eigenvalue weighted by molar-refractivity contribution is -0.212. The van der Waals surface area contributed by atoms with Crippen LogP contribution in [0.2, 0.25) is 0 Å². The molecule has 2 bridgehead atoms. The molecule has 1 aliphatic heterocycles. The van der Waals surface area contributed by atoms with Crippen molar-refractivity contribution < 1.29 is 14.2 Å². The minimum Gasteiger partial charge on any atom is -0.454 e. The number of nitrogens with zero attached hydrogens (tertiary/aromatic N) is 4. The molecule has 0 unspecified atom stereocenters. The lowest BCUT2D eigenvalue weighted by Gasteiger charge is -2.70. The highest BCUT2D eigenvalue weighted by molar-refractivity contribution is 5.74. The number of methoxy groups -OCH3 is 1. The van der Waals surface area contributed by atoms with Crippen LogP contribution >= 0.6 is 0 Å². The van der Waals surface area contributed by atoms with E-state index >= 15 is 0 Å². The van der Waals surface area contributed by atoms with Crippen LogP contribution in [0.4, 0.5) is 11.6 Å². The zero-order chi connectivity index (χ0) is 20.7. The average molecular weight is 409 g/mol. The van der Waals surface area contributed by atoms with Crippen LogP contribution < -0.4 is 20.5 Å². The SMILES string of the molecule is COCC12CC(n3c(=O)n(C)c4cnc(Nc5cc6c(cc5C)OCO6)nc43)(C1)C2. The quantitative estimate of drug-likeness (QED) is 0.692. The Hall–Kier alpha value is -3.07. The number of hydrogen-bond donors (Lipinski definition) is 1. The molecule has 2 aromatic heterocycles. The first-order chi connectivity index (χ1) is 14.4. The van der Waals surface area contributed by atoms with Gasteiger partial charge in [-0.2, -0.15) is 4.98 Å². The lowest BCUT2D eigenvalue weighted by Crippen LogP contribution is -2.70. The topological polar surface area (TPSA) is 92.4 Å². The fourth-order valence-corrected chi connectivity index (χ4v) is 5.53. The molecule has 9 nitrogen and oxygen atoms in total. The molecule has 156 valence electrons. The number of rotatable bonds is 5. The van der Waals surface area contributed by atoms with Gasteiger partial charge in [-0.3, -0.25) is 9.13 Å². The predicted molar refractivity (Wildman–Crippen MR) is 109 cm³/mol. The highest BCUT2D eigenvalue weighted by Crippen LogP contribution is 2.71. The average Bonchev–Trinajstić information content (AvgIpc) is 3.20. The third-order valence-corrected chi connectivity index (χ3v) is 6.80. The molecule has 9 heteroatoms. The highest BCUT2D eigenvalue weighted by atomic mass is 16.7. The van der Waals surface area contributed by atoms with Crippen molar-refractivity contribution in [2.75, 3.05) is 25.8 Å². The van der Waals surface area contributed by atoms with Crippen molar-refractivity contribution in [2.45, 2.75) is 31.7 Å². The van der Waals surface area contributed by atoms with Crippen molar-refractivity contribution in [3.63, 3.8) is 0 Å². The Morgan fingerprint density at radius 3 is 2.70 bits per heavy atom. The molecule has 3 fully saturated rings. The summed E-state index contributed by atoms with van der Waals surface area (Å²) in [5, 5.41) is 3.28.